The molecule has 0 aromatic heterocycles. The summed E-state index contributed by atoms with van der Waals surface area (Å²) in [5.41, 5.74) is 5.69. The van der Waals surface area contributed by atoms with Crippen LogP contribution in [0.3, 0.4) is 0 Å². The minimum absolute atomic E-state index is 0.336. The van der Waals surface area contributed by atoms with Crippen molar-refractivity contribution < 1.29 is 4.74 Å². The molecule has 0 aliphatic heterocycles. The summed E-state index contributed by atoms with van der Waals surface area (Å²) in [6.45, 7) is 2.83. The number of nitrogens with one attached hydrogen (secondary N) is 1. The van der Waals surface area contributed by atoms with Crippen molar-refractivity contribution in [1.82, 2.24) is 5.32 Å². The summed E-state index contributed by atoms with van der Waals surface area (Å²) in [5, 5.41) is 3.13. The van der Waals surface area contributed by atoms with Gasteiger partial charge in [-0.2, -0.15) is 0 Å². The van der Waals surface area contributed by atoms with Crippen LogP contribution in [0.2, 0.25) is 0 Å². The molecule has 0 radical (unpaired) electrons. The summed E-state index contributed by atoms with van der Waals surface area (Å²) < 4.78 is 4.97. The Balaban J connectivity index is 2.13. The fraction of sp³-hybridized carbons (Fsp3) is 0.889. The largest absolute Gasteiger partial charge is 0.385 e. The van der Waals surface area contributed by atoms with Gasteiger partial charge in [-0.05, 0) is 26.2 Å². The maximum Gasteiger partial charge on any atom is 0.189 e. The van der Waals surface area contributed by atoms with Crippen molar-refractivity contribution in [3.8, 4) is 0 Å². The van der Waals surface area contributed by atoms with Crippen molar-refractivity contribution in [3.63, 3.8) is 0 Å². The molecule has 4 nitrogen and oxygen atoms in total. The van der Waals surface area contributed by atoms with Crippen LogP contribution in [0.1, 0.15) is 26.2 Å². The van der Waals surface area contributed by atoms with Gasteiger partial charge in [0.1, 0.15) is 0 Å². The first kappa shape index (κ1) is 10.3. The first-order chi connectivity index (χ1) is 6.22. The molecule has 0 bridgehead atoms. The van der Waals surface area contributed by atoms with Gasteiger partial charge in [0.25, 0.3) is 0 Å². The van der Waals surface area contributed by atoms with Gasteiger partial charge in [-0.1, -0.05) is 0 Å². The standard InChI is InChI=1S/C9H19N3O/c1-7(5-6-13-2)11-9(10)12-8-3-4-8/h7-8H,3-6H2,1-2H3,(H3,10,11,12). The zero-order chi connectivity index (χ0) is 9.68. The molecule has 1 aliphatic rings. The molecule has 3 N–H and O–H groups in total. The average molecular weight is 185 g/mol. The second kappa shape index (κ2) is 5.07. The Morgan fingerprint density at radius 2 is 2.38 bits per heavy atom. The van der Waals surface area contributed by atoms with Crippen molar-refractivity contribution in [3.05, 3.63) is 0 Å². The molecule has 0 saturated heterocycles. The number of rotatable bonds is 5. The minimum atomic E-state index is 0.336. The molecule has 0 aromatic rings. The first-order valence-corrected chi connectivity index (χ1v) is 4.81. The normalized spacial score (nSPS) is 20.0. The Morgan fingerprint density at radius 3 is 2.92 bits per heavy atom. The topological polar surface area (TPSA) is 59.6 Å². The molecule has 1 atom stereocenters. The minimum Gasteiger partial charge on any atom is -0.385 e. The van der Waals surface area contributed by atoms with E-state index in [1.165, 1.54) is 12.8 Å². The van der Waals surface area contributed by atoms with Gasteiger partial charge in [0.15, 0.2) is 5.96 Å². The average Bonchev–Trinajstić information content (AvgIpc) is 2.84. The Bertz CT molecular complexity index is 178. The summed E-state index contributed by atoms with van der Waals surface area (Å²) in [7, 11) is 1.70. The number of ether oxygens (including phenoxy) is 1. The highest BCUT2D eigenvalue weighted by molar-refractivity contribution is 5.78. The molecule has 0 aromatic carbocycles. The van der Waals surface area contributed by atoms with Gasteiger partial charge in [0, 0.05) is 19.8 Å². The Labute approximate surface area is 79.6 Å². The third-order valence-electron chi connectivity index (χ3n) is 2.02. The lowest BCUT2D eigenvalue weighted by Gasteiger charge is -2.13. The van der Waals surface area contributed by atoms with Crippen LogP contribution in [0, 0.1) is 0 Å². The number of methoxy groups -OCH3 is 1. The first-order valence-electron chi connectivity index (χ1n) is 4.81. The lowest BCUT2D eigenvalue weighted by molar-refractivity contribution is 0.187. The third-order valence-corrected chi connectivity index (χ3v) is 2.02. The number of aliphatic imine (C=N–C) groups is 1. The summed E-state index contributed by atoms with van der Waals surface area (Å²) in [4.78, 5) is 4.28. The number of nitrogens with two attached hydrogens (primary N) is 1. The van der Waals surface area contributed by atoms with E-state index in [9.17, 15) is 0 Å². The van der Waals surface area contributed by atoms with Crippen LogP contribution in [0.4, 0.5) is 0 Å². The number of guanidine groups is 1. The van der Waals surface area contributed by atoms with E-state index in [4.69, 9.17) is 10.5 Å². The van der Waals surface area contributed by atoms with Gasteiger partial charge in [0.2, 0.25) is 0 Å². The van der Waals surface area contributed by atoms with Crippen LogP contribution in [0.25, 0.3) is 0 Å². The Hall–Kier alpha value is -0.770. The summed E-state index contributed by atoms with van der Waals surface area (Å²) in [6.07, 6.45) is 3.33. The summed E-state index contributed by atoms with van der Waals surface area (Å²) >= 11 is 0. The Morgan fingerprint density at radius 1 is 1.69 bits per heavy atom. The lowest BCUT2D eigenvalue weighted by atomic mass is 10.2. The molecule has 1 rings (SSSR count). The van der Waals surface area contributed by atoms with E-state index in [1.807, 2.05) is 0 Å². The van der Waals surface area contributed by atoms with E-state index < -0.39 is 0 Å². The van der Waals surface area contributed by atoms with Gasteiger partial charge in [0.05, 0.1) is 6.04 Å². The molecule has 1 saturated carbocycles. The molecule has 1 unspecified atom stereocenters. The molecule has 1 fully saturated rings. The zero-order valence-electron chi connectivity index (χ0n) is 8.42. The summed E-state index contributed by atoms with van der Waals surface area (Å²) in [5.74, 6) is 0.575. The molecule has 4 heteroatoms. The molecule has 0 spiro atoms. The molecule has 1 aliphatic carbocycles. The SMILES string of the molecule is COCCC(C)NC(N)=NC1CC1. The van der Waals surface area contributed by atoms with Crippen molar-refractivity contribution in [2.24, 2.45) is 10.7 Å². The van der Waals surface area contributed by atoms with Crippen LogP contribution in [-0.4, -0.2) is 31.8 Å². The van der Waals surface area contributed by atoms with E-state index in [1.54, 1.807) is 7.11 Å². The predicted molar refractivity (Wildman–Crippen MR) is 53.7 cm³/mol. The number of hydrogen-bond donors (Lipinski definition) is 2. The van der Waals surface area contributed by atoms with E-state index >= 15 is 0 Å². The summed E-state index contributed by atoms with van der Waals surface area (Å²) in [6, 6.07) is 0.824. The van der Waals surface area contributed by atoms with E-state index in [0.29, 0.717) is 18.0 Å². The van der Waals surface area contributed by atoms with Gasteiger partial charge in [-0.3, -0.25) is 4.99 Å². The molecule has 0 heterocycles. The zero-order valence-corrected chi connectivity index (χ0v) is 8.42. The monoisotopic (exact) mass is 185 g/mol. The third kappa shape index (κ3) is 4.72. The van der Waals surface area contributed by atoms with Gasteiger partial charge in [-0.15, -0.1) is 0 Å². The maximum atomic E-state index is 5.69. The van der Waals surface area contributed by atoms with Crippen LogP contribution < -0.4 is 11.1 Å². The molecule has 13 heavy (non-hydrogen) atoms. The van der Waals surface area contributed by atoms with Gasteiger partial charge in [-0.25, -0.2) is 0 Å². The fourth-order valence-corrected chi connectivity index (χ4v) is 1.06. The van der Waals surface area contributed by atoms with Gasteiger partial charge >= 0.3 is 0 Å². The highest BCUT2D eigenvalue weighted by Crippen LogP contribution is 2.22. The van der Waals surface area contributed by atoms with Crippen molar-refractivity contribution >= 4 is 5.96 Å². The molecule has 76 valence electrons. The Kier molecular flexibility index (Phi) is 4.02. The van der Waals surface area contributed by atoms with E-state index in [0.717, 1.165) is 13.0 Å². The van der Waals surface area contributed by atoms with Crippen molar-refractivity contribution in [1.29, 1.82) is 0 Å². The number of nitrogens with zero attached hydrogens (tertiary/aromatic N) is 1. The van der Waals surface area contributed by atoms with Gasteiger partial charge < -0.3 is 15.8 Å². The second-order valence-corrected chi connectivity index (χ2v) is 3.57. The van der Waals surface area contributed by atoms with Crippen LogP contribution >= 0.6 is 0 Å². The highest BCUT2D eigenvalue weighted by Gasteiger charge is 2.20. The fourth-order valence-electron chi connectivity index (χ4n) is 1.06. The van der Waals surface area contributed by atoms with Crippen LogP contribution in [0.15, 0.2) is 4.99 Å². The number of hydrogen-bond acceptors (Lipinski definition) is 2. The highest BCUT2D eigenvalue weighted by atomic mass is 16.5. The van der Waals surface area contributed by atoms with E-state index in [2.05, 4.69) is 17.2 Å². The maximum absolute atomic E-state index is 5.69. The lowest BCUT2D eigenvalue weighted by Crippen LogP contribution is -2.39. The van der Waals surface area contributed by atoms with E-state index in [-0.39, 0.29) is 0 Å². The van der Waals surface area contributed by atoms with Crippen LogP contribution in [0.5, 0.6) is 0 Å². The molecule has 0 amide bonds. The quantitative estimate of drug-likeness (QED) is 0.484. The second-order valence-electron chi connectivity index (χ2n) is 3.57. The molecular formula is C9H19N3O. The van der Waals surface area contributed by atoms with Crippen LogP contribution in [-0.2, 0) is 4.74 Å². The van der Waals surface area contributed by atoms with Crippen molar-refractivity contribution in [2.45, 2.75) is 38.3 Å². The van der Waals surface area contributed by atoms with Crippen molar-refractivity contribution in [2.75, 3.05) is 13.7 Å². The smallest absolute Gasteiger partial charge is 0.189 e. The predicted octanol–water partition coefficient (Wildman–Crippen LogP) is 0.478. The molecular weight excluding hydrogens is 166 g/mol.